The van der Waals surface area contributed by atoms with Crippen molar-refractivity contribution in [1.82, 2.24) is 9.97 Å². The summed E-state index contributed by atoms with van der Waals surface area (Å²) in [6, 6.07) is 18.3. The van der Waals surface area contributed by atoms with Crippen molar-refractivity contribution in [2.45, 2.75) is 18.8 Å². The molecule has 5 nitrogen and oxygen atoms in total. The maximum Gasteiger partial charge on any atom is 0.225 e. The molecule has 0 saturated carbocycles. The number of Topliss-reactive ketones (excluding diaryl/α,β-unsaturated/α-hetero) is 1. The molecule has 1 aliphatic carbocycles. The smallest absolute Gasteiger partial charge is 0.225 e. The molecule has 3 aromatic rings. The predicted octanol–water partition coefficient (Wildman–Crippen LogP) is 4.37. The topological polar surface area (TPSA) is 49.3 Å². The van der Waals surface area contributed by atoms with Crippen LogP contribution in [-0.2, 0) is 6.42 Å². The van der Waals surface area contributed by atoms with E-state index in [2.05, 4.69) is 39.0 Å². The summed E-state index contributed by atoms with van der Waals surface area (Å²) in [5.41, 5.74) is 3.92. The zero-order valence-corrected chi connectivity index (χ0v) is 17.4. The molecular formula is C24H23ClN4O. The van der Waals surface area contributed by atoms with Crippen molar-refractivity contribution in [1.29, 1.82) is 0 Å². The van der Waals surface area contributed by atoms with Crippen molar-refractivity contribution in [3.8, 4) is 0 Å². The zero-order chi connectivity index (χ0) is 20.5. The lowest BCUT2D eigenvalue weighted by molar-refractivity contribution is 0.0962. The number of anilines is 2. The number of fused-ring (bicyclic) bond motifs is 1. The third-order valence-corrected chi connectivity index (χ3v) is 6.30. The van der Waals surface area contributed by atoms with Gasteiger partial charge in [-0.3, -0.25) is 4.79 Å². The van der Waals surface area contributed by atoms with Crippen LogP contribution in [0.2, 0.25) is 5.02 Å². The van der Waals surface area contributed by atoms with E-state index in [4.69, 9.17) is 16.6 Å². The highest BCUT2D eigenvalue weighted by Crippen LogP contribution is 2.33. The Morgan fingerprint density at radius 3 is 2.30 bits per heavy atom. The van der Waals surface area contributed by atoms with Gasteiger partial charge in [0.1, 0.15) is 0 Å². The van der Waals surface area contributed by atoms with E-state index in [1.165, 1.54) is 5.69 Å². The molecule has 0 radical (unpaired) electrons. The minimum Gasteiger partial charge on any atom is -0.368 e. The fraction of sp³-hybridized carbons (Fsp3) is 0.292. The summed E-state index contributed by atoms with van der Waals surface area (Å²) in [4.78, 5) is 26.7. The highest BCUT2D eigenvalue weighted by atomic mass is 35.5. The molecule has 1 saturated heterocycles. The maximum absolute atomic E-state index is 12.7. The molecule has 6 heteroatoms. The molecule has 1 aliphatic heterocycles. The lowest BCUT2D eigenvalue weighted by atomic mass is 9.82. The molecule has 5 rings (SSSR count). The molecular weight excluding hydrogens is 396 g/mol. The van der Waals surface area contributed by atoms with E-state index in [-0.39, 0.29) is 11.7 Å². The normalized spacial score (nSPS) is 19.0. The molecule has 2 heterocycles. The molecule has 1 fully saturated rings. The van der Waals surface area contributed by atoms with E-state index in [9.17, 15) is 4.79 Å². The number of para-hydroxylation sites is 1. The lowest BCUT2D eigenvalue weighted by Gasteiger charge is -2.36. The van der Waals surface area contributed by atoms with Crippen molar-refractivity contribution in [3.63, 3.8) is 0 Å². The Kier molecular flexibility index (Phi) is 5.13. The summed E-state index contributed by atoms with van der Waals surface area (Å²) in [6.45, 7) is 3.58. The number of benzene rings is 2. The molecule has 0 amide bonds. The van der Waals surface area contributed by atoms with Crippen LogP contribution >= 0.6 is 11.6 Å². The molecule has 0 bridgehead atoms. The SMILES string of the molecule is O=C1CC(c2ccc(Cl)cc2)Cc2nc(N3CCN(c4ccccc4)CC3)ncc21. The van der Waals surface area contributed by atoms with Gasteiger partial charge in [0.25, 0.3) is 0 Å². The number of ketones is 1. The number of aromatic nitrogens is 2. The summed E-state index contributed by atoms with van der Waals surface area (Å²) >= 11 is 6.02. The van der Waals surface area contributed by atoms with Gasteiger partial charge in [-0.1, -0.05) is 41.9 Å². The summed E-state index contributed by atoms with van der Waals surface area (Å²) in [5.74, 6) is 0.989. The molecule has 1 atom stereocenters. The summed E-state index contributed by atoms with van der Waals surface area (Å²) in [5, 5.41) is 0.709. The maximum atomic E-state index is 12.7. The molecule has 1 aromatic heterocycles. The second kappa shape index (κ2) is 8.07. The van der Waals surface area contributed by atoms with Gasteiger partial charge in [0.2, 0.25) is 5.95 Å². The van der Waals surface area contributed by atoms with E-state index >= 15 is 0 Å². The van der Waals surface area contributed by atoms with Crippen LogP contribution < -0.4 is 9.80 Å². The van der Waals surface area contributed by atoms with Gasteiger partial charge in [0, 0.05) is 49.5 Å². The number of piperazine rings is 1. The van der Waals surface area contributed by atoms with Crippen molar-refractivity contribution in [3.05, 3.63) is 82.6 Å². The first-order valence-corrected chi connectivity index (χ1v) is 10.7. The Morgan fingerprint density at radius 1 is 0.867 bits per heavy atom. The average Bonchev–Trinajstić information content (AvgIpc) is 2.80. The largest absolute Gasteiger partial charge is 0.368 e. The van der Waals surface area contributed by atoms with Gasteiger partial charge in [-0.2, -0.15) is 0 Å². The second-order valence-corrected chi connectivity index (χ2v) is 8.36. The van der Waals surface area contributed by atoms with Crippen LogP contribution in [0, 0.1) is 0 Å². The number of halogens is 1. The van der Waals surface area contributed by atoms with Crippen molar-refractivity contribution < 1.29 is 4.79 Å². The van der Waals surface area contributed by atoms with E-state index in [0.717, 1.165) is 49.8 Å². The highest BCUT2D eigenvalue weighted by molar-refractivity contribution is 6.30. The number of hydrogen-bond acceptors (Lipinski definition) is 5. The number of hydrogen-bond donors (Lipinski definition) is 0. The zero-order valence-electron chi connectivity index (χ0n) is 16.7. The minimum absolute atomic E-state index is 0.122. The van der Waals surface area contributed by atoms with E-state index < -0.39 is 0 Å². The number of carbonyl (C=O) groups excluding carboxylic acids is 1. The quantitative estimate of drug-likeness (QED) is 0.632. The van der Waals surface area contributed by atoms with Crippen LogP contribution in [0.25, 0.3) is 0 Å². The minimum atomic E-state index is 0.122. The van der Waals surface area contributed by atoms with Crippen LogP contribution in [0.5, 0.6) is 0 Å². The molecule has 0 spiro atoms. The Hall–Kier alpha value is -2.92. The second-order valence-electron chi connectivity index (χ2n) is 7.92. The Bertz CT molecular complexity index is 1050. The molecule has 2 aromatic carbocycles. The standard InChI is InChI=1S/C24H23ClN4O/c25-19-8-6-17(7-9-19)18-14-22-21(23(30)15-18)16-26-24(27-22)29-12-10-28(11-13-29)20-4-2-1-3-5-20/h1-9,16,18H,10-15H2. The molecule has 152 valence electrons. The summed E-state index contributed by atoms with van der Waals surface area (Å²) in [6.07, 6.45) is 2.97. The molecule has 1 unspecified atom stereocenters. The van der Waals surface area contributed by atoms with Crippen molar-refractivity contribution >= 4 is 29.0 Å². The van der Waals surface area contributed by atoms with Gasteiger partial charge < -0.3 is 9.80 Å². The number of carbonyl (C=O) groups is 1. The summed E-state index contributed by atoms with van der Waals surface area (Å²) < 4.78 is 0. The first-order chi connectivity index (χ1) is 14.7. The first kappa shape index (κ1) is 19.1. The van der Waals surface area contributed by atoms with E-state index in [1.54, 1.807) is 6.20 Å². The van der Waals surface area contributed by atoms with Crippen molar-refractivity contribution in [2.24, 2.45) is 0 Å². The van der Waals surface area contributed by atoms with Gasteiger partial charge in [-0.15, -0.1) is 0 Å². The first-order valence-electron chi connectivity index (χ1n) is 10.4. The molecule has 2 aliphatic rings. The average molecular weight is 419 g/mol. The van der Waals surface area contributed by atoms with Crippen LogP contribution in [0.1, 0.15) is 34.0 Å². The summed E-state index contributed by atoms with van der Waals surface area (Å²) in [7, 11) is 0. The van der Waals surface area contributed by atoms with Crippen LogP contribution in [0.4, 0.5) is 11.6 Å². The van der Waals surface area contributed by atoms with Gasteiger partial charge in [-0.25, -0.2) is 9.97 Å². The monoisotopic (exact) mass is 418 g/mol. The van der Waals surface area contributed by atoms with Crippen molar-refractivity contribution in [2.75, 3.05) is 36.0 Å². The van der Waals surface area contributed by atoms with Gasteiger partial charge in [0.15, 0.2) is 5.78 Å². The Balaban J connectivity index is 1.32. The van der Waals surface area contributed by atoms with E-state index in [1.807, 2.05) is 30.3 Å². The fourth-order valence-electron chi connectivity index (χ4n) is 4.36. The van der Waals surface area contributed by atoms with Crippen LogP contribution in [0.15, 0.2) is 60.8 Å². The van der Waals surface area contributed by atoms with Gasteiger partial charge >= 0.3 is 0 Å². The van der Waals surface area contributed by atoms with Gasteiger partial charge in [-0.05, 0) is 42.2 Å². The lowest BCUT2D eigenvalue weighted by Crippen LogP contribution is -2.47. The number of rotatable bonds is 3. The third-order valence-electron chi connectivity index (χ3n) is 6.05. The molecule has 30 heavy (non-hydrogen) atoms. The Morgan fingerprint density at radius 2 is 1.57 bits per heavy atom. The predicted molar refractivity (Wildman–Crippen MR) is 120 cm³/mol. The third kappa shape index (κ3) is 3.77. The fourth-order valence-corrected chi connectivity index (χ4v) is 4.49. The van der Waals surface area contributed by atoms with Crippen LogP contribution in [0.3, 0.4) is 0 Å². The molecule has 0 N–H and O–H groups in total. The van der Waals surface area contributed by atoms with Gasteiger partial charge in [0.05, 0.1) is 11.3 Å². The number of nitrogens with zero attached hydrogens (tertiary/aromatic N) is 4. The highest BCUT2D eigenvalue weighted by Gasteiger charge is 2.29. The Labute approximate surface area is 181 Å². The van der Waals surface area contributed by atoms with Crippen LogP contribution in [-0.4, -0.2) is 41.9 Å². The van der Waals surface area contributed by atoms with E-state index in [0.29, 0.717) is 17.0 Å².